The molecule has 1 saturated heterocycles. The summed E-state index contributed by atoms with van der Waals surface area (Å²) in [6.07, 6.45) is 7.26. The summed E-state index contributed by atoms with van der Waals surface area (Å²) in [6, 6.07) is 0. The zero-order valence-electron chi connectivity index (χ0n) is 13.2. The molecule has 0 unspecified atom stereocenters. The summed E-state index contributed by atoms with van der Waals surface area (Å²) in [5, 5.41) is 3.75. The molecular weight excluding hydrogens is 234 g/mol. The standard InChI is InChI=1S/C16H33N3/c1-16(2,19-11-9-18(3)10-12-19)14-17-13-15-7-5-4-6-8-15/h15,17H,4-14H2,1-3H3. The molecule has 0 bridgehead atoms. The molecule has 112 valence electrons. The third kappa shape index (κ3) is 4.73. The second-order valence-corrected chi connectivity index (χ2v) is 7.24. The molecule has 0 aromatic heterocycles. The summed E-state index contributed by atoms with van der Waals surface area (Å²) in [5.41, 5.74) is 0.302. The highest BCUT2D eigenvalue weighted by atomic mass is 15.3. The first kappa shape index (κ1) is 15.3. The highest BCUT2D eigenvalue weighted by Gasteiger charge is 2.28. The van der Waals surface area contributed by atoms with E-state index in [2.05, 4.69) is 36.0 Å². The van der Waals surface area contributed by atoms with E-state index >= 15 is 0 Å². The maximum atomic E-state index is 3.75. The minimum Gasteiger partial charge on any atom is -0.315 e. The van der Waals surface area contributed by atoms with Crippen LogP contribution in [-0.2, 0) is 0 Å². The molecule has 1 saturated carbocycles. The van der Waals surface area contributed by atoms with Crippen LogP contribution >= 0.6 is 0 Å². The molecule has 0 radical (unpaired) electrons. The normalized spacial score (nSPS) is 24.8. The van der Waals surface area contributed by atoms with E-state index in [1.54, 1.807) is 0 Å². The fraction of sp³-hybridized carbons (Fsp3) is 1.00. The van der Waals surface area contributed by atoms with E-state index in [-0.39, 0.29) is 0 Å². The van der Waals surface area contributed by atoms with Gasteiger partial charge in [0.1, 0.15) is 0 Å². The Balaban J connectivity index is 1.68. The zero-order valence-corrected chi connectivity index (χ0v) is 13.2. The number of likely N-dealkylation sites (N-methyl/N-ethyl adjacent to an activating group) is 1. The molecule has 3 nitrogen and oxygen atoms in total. The molecule has 0 aromatic rings. The average Bonchev–Trinajstić information content (AvgIpc) is 2.40. The second kappa shape index (κ2) is 7.05. The fourth-order valence-corrected chi connectivity index (χ4v) is 3.50. The quantitative estimate of drug-likeness (QED) is 0.824. The number of nitrogens with zero attached hydrogens (tertiary/aromatic N) is 2. The van der Waals surface area contributed by atoms with Gasteiger partial charge in [-0.25, -0.2) is 0 Å². The van der Waals surface area contributed by atoms with Crippen LogP contribution in [0.2, 0.25) is 0 Å². The van der Waals surface area contributed by atoms with Crippen molar-refractivity contribution in [1.82, 2.24) is 15.1 Å². The number of nitrogens with one attached hydrogen (secondary N) is 1. The Morgan fingerprint density at radius 3 is 2.26 bits per heavy atom. The van der Waals surface area contributed by atoms with Gasteiger partial charge in [-0.2, -0.15) is 0 Å². The van der Waals surface area contributed by atoms with Crippen molar-refractivity contribution in [3.63, 3.8) is 0 Å². The van der Waals surface area contributed by atoms with Crippen molar-refractivity contribution in [2.24, 2.45) is 5.92 Å². The Bertz CT molecular complexity index is 251. The third-order valence-corrected chi connectivity index (χ3v) is 5.07. The smallest absolute Gasteiger partial charge is 0.0278 e. The van der Waals surface area contributed by atoms with Crippen LogP contribution in [0.1, 0.15) is 46.0 Å². The lowest BCUT2D eigenvalue weighted by Crippen LogP contribution is -2.57. The Morgan fingerprint density at radius 2 is 1.63 bits per heavy atom. The molecule has 1 aliphatic carbocycles. The van der Waals surface area contributed by atoms with Crippen LogP contribution in [0.25, 0.3) is 0 Å². The van der Waals surface area contributed by atoms with Gasteiger partial charge in [-0.15, -0.1) is 0 Å². The van der Waals surface area contributed by atoms with Gasteiger partial charge in [0, 0.05) is 38.3 Å². The predicted octanol–water partition coefficient (Wildman–Crippen LogP) is 2.18. The van der Waals surface area contributed by atoms with Gasteiger partial charge in [0.05, 0.1) is 0 Å². The topological polar surface area (TPSA) is 18.5 Å². The van der Waals surface area contributed by atoms with Crippen LogP contribution in [0.5, 0.6) is 0 Å². The van der Waals surface area contributed by atoms with Crippen LogP contribution in [0.15, 0.2) is 0 Å². The monoisotopic (exact) mass is 267 g/mol. The number of rotatable bonds is 5. The molecule has 19 heavy (non-hydrogen) atoms. The maximum absolute atomic E-state index is 3.75. The van der Waals surface area contributed by atoms with Gasteiger partial charge in [-0.05, 0) is 46.2 Å². The van der Waals surface area contributed by atoms with Crippen molar-refractivity contribution in [3.8, 4) is 0 Å². The van der Waals surface area contributed by atoms with Gasteiger partial charge in [-0.3, -0.25) is 4.90 Å². The fourth-order valence-electron chi connectivity index (χ4n) is 3.50. The van der Waals surface area contributed by atoms with E-state index in [4.69, 9.17) is 0 Å². The van der Waals surface area contributed by atoms with E-state index in [0.717, 1.165) is 12.5 Å². The zero-order chi connectivity index (χ0) is 13.7. The lowest BCUT2D eigenvalue weighted by Gasteiger charge is -2.43. The highest BCUT2D eigenvalue weighted by Crippen LogP contribution is 2.23. The Morgan fingerprint density at radius 1 is 1.00 bits per heavy atom. The van der Waals surface area contributed by atoms with Crippen molar-refractivity contribution in [2.75, 3.05) is 46.3 Å². The van der Waals surface area contributed by atoms with E-state index in [1.165, 1.54) is 64.8 Å². The van der Waals surface area contributed by atoms with Crippen LogP contribution in [0.4, 0.5) is 0 Å². The first-order chi connectivity index (χ1) is 9.08. The van der Waals surface area contributed by atoms with Gasteiger partial charge in [-0.1, -0.05) is 19.3 Å². The first-order valence-corrected chi connectivity index (χ1v) is 8.22. The van der Waals surface area contributed by atoms with Crippen LogP contribution < -0.4 is 5.32 Å². The maximum Gasteiger partial charge on any atom is 0.0278 e. The van der Waals surface area contributed by atoms with Crippen molar-refractivity contribution in [2.45, 2.75) is 51.5 Å². The molecule has 3 heteroatoms. The number of piperazine rings is 1. The minimum absolute atomic E-state index is 0.302. The summed E-state index contributed by atoms with van der Waals surface area (Å²) in [5.74, 6) is 0.942. The molecular formula is C16H33N3. The largest absolute Gasteiger partial charge is 0.315 e. The second-order valence-electron chi connectivity index (χ2n) is 7.24. The molecule has 0 aromatic carbocycles. The molecule has 2 fully saturated rings. The highest BCUT2D eigenvalue weighted by molar-refractivity contribution is 4.87. The minimum atomic E-state index is 0.302. The number of hydrogen-bond donors (Lipinski definition) is 1. The molecule has 1 N–H and O–H groups in total. The summed E-state index contributed by atoms with van der Waals surface area (Å²) in [4.78, 5) is 5.09. The van der Waals surface area contributed by atoms with Crippen molar-refractivity contribution < 1.29 is 0 Å². The average molecular weight is 267 g/mol. The van der Waals surface area contributed by atoms with E-state index in [1.807, 2.05) is 0 Å². The van der Waals surface area contributed by atoms with Gasteiger partial charge in [0.15, 0.2) is 0 Å². The summed E-state index contributed by atoms with van der Waals surface area (Å²) in [6.45, 7) is 12.0. The van der Waals surface area contributed by atoms with E-state index in [9.17, 15) is 0 Å². The molecule has 0 amide bonds. The summed E-state index contributed by atoms with van der Waals surface area (Å²) in [7, 11) is 2.23. The van der Waals surface area contributed by atoms with Gasteiger partial charge < -0.3 is 10.2 Å². The van der Waals surface area contributed by atoms with Crippen LogP contribution in [0, 0.1) is 5.92 Å². The Labute approximate surface area is 119 Å². The third-order valence-electron chi connectivity index (χ3n) is 5.07. The van der Waals surface area contributed by atoms with E-state index in [0.29, 0.717) is 5.54 Å². The first-order valence-electron chi connectivity index (χ1n) is 8.22. The van der Waals surface area contributed by atoms with Crippen molar-refractivity contribution in [1.29, 1.82) is 0 Å². The molecule has 2 rings (SSSR count). The number of hydrogen-bond acceptors (Lipinski definition) is 3. The predicted molar refractivity (Wildman–Crippen MR) is 82.6 cm³/mol. The SMILES string of the molecule is CN1CCN(C(C)(C)CNCC2CCCCC2)CC1. The van der Waals surface area contributed by atoms with Crippen LogP contribution in [-0.4, -0.2) is 61.7 Å². The Hall–Kier alpha value is -0.120. The molecule has 0 atom stereocenters. The van der Waals surface area contributed by atoms with Gasteiger partial charge in [0.2, 0.25) is 0 Å². The lowest BCUT2D eigenvalue weighted by molar-refractivity contribution is 0.0611. The molecule has 1 heterocycles. The van der Waals surface area contributed by atoms with Crippen LogP contribution in [0.3, 0.4) is 0 Å². The van der Waals surface area contributed by atoms with Crippen molar-refractivity contribution >= 4 is 0 Å². The van der Waals surface area contributed by atoms with Crippen molar-refractivity contribution in [3.05, 3.63) is 0 Å². The van der Waals surface area contributed by atoms with Gasteiger partial charge in [0.25, 0.3) is 0 Å². The lowest BCUT2D eigenvalue weighted by atomic mass is 9.89. The van der Waals surface area contributed by atoms with Gasteiger partial charge >= 0.3 is 0 Å². The Kier molecular flexibility index (Phi) is 5.67. The molecule has 2 aliphatic rings. The summed E-state index contributed by atoms with van der Waals surface area (Å²) < 4.78 is 0. The summed E-state index contributed by atoms with van der Waals surface area (Å²) >= 11 is 0. The van der Waals surface area contributed by atoms with E-state index < -0.39 is 0 Å². The molecule has 0 spiro atoms. The molecule has 1 aliphatic heterocycles.